The van der Waals surface area contributed by atoms with Crippen LogP contribution in [0.1, 0.15) is 69.7 Å². The monoisotopic (exact) mass is 416 g/mol. The van der Waals surface area contributed by atoms with Crippen LogP contribution in [-0.2, 0) is 22.3 Å². The van der Waals surface area contributed by atoms with E-state index in [1.165, 1.54) is 40.8 Å². The number of hydrogen-bond acceptors (Lipinski definition) is 7. The number of fused-ring (bicyclic) bond motifs is 3. The molecule has 2 aromatic heterocycles. The van der Waals surface area contributed by atoms with E-state index >= 15 is 0 Å². The number of hydrogen-bond donors (Lipinski definition) is 1. The minimum Gasteiger partial charge on any atom is -0.350 e. The molecule has 0 saturated heterocycles. The molecule has 0 atom stereocenters. The molecule has 1 fully saturated rings. The first-order valence-electron chi connectivity index (χ1n) is 10.8. The van der Waals surface area contributed by atoms with E-state index in [0.29, 0.717) is 19.6 Å². The third-order valence-corrected chi connectivity index (χ3v) is 6.81. The summed E-state index contributed by atoms with van der Waals surface area (Å²) in [5.41, 5.74) is 2.56. The lowest BCUT2D eigenvalue weighted by Gasteiger charge is -2.25. The van der Waals surface area contributed by atoms with E-state index in [4.69, 9.17) is 14.5 Å². The maximum Gasteiger partial charge on any atom is 0.164 e. The van der Waals surface area contributed by atoms with Crippen molar-refractivity contribution >= 4 is 33.1 Å². The van der Waals surface area contributed by atoms with Gasteiger partial charge in [-0.25, -0.2) is 15.0 Å². The fourth-order valence-corrected chi connectivity index (χ4v) is 5.24. The van der Waals surface area contributed by atoms with Gasteiger partial charge in [-0.05, 0) is 77.7 Å². The van der Waals surface area contributed by atoms with Gasteiger partial charge in [-0.3, -0.25) is 5.32 Å². The average molecular weight is 417 g/mol. The van der Waals surface area contributed by atoms with Crippen LogP contribution in [0, 0.1) is 0 Å². The van der Waals surface area contributed by atoms with Crippen LogP contribution in [0.15, 0.2) is 11.3 Å². The zero-order valence-corrected chi connectivity index (χ0v) is 18.6. The highest BCUT2D eigenvalue weighted by Crippen LogP contribution is 2.39. The molecule has 2 aliphatic rings. The molecule has 2 heterocycles. The van der Waals surface area contributed by atoms with E-state index in [1.54, 1.807) is 6.33 Å². The molecule has 0 amide bonds. The first-order chi connectivity index (χ1) is 14.0. The van der Waals surface area contributed by atoms with E-state index in [9.17, 15) is 0 Å². The molecule has 0 aromatic carbocycles. The number of aromatic nitrogens is 2. The van der Waals surface area contributed by atoms with Crippen LogP contribution in [-0.4, -0.2) is 40.8 Å². The summed E-state index contributed by atoms with van der Waals surface area (Å²) < 4.78 is 11.1. The normalized spacial score (nSPS) is 20.1. The zero-order valence-electron chi connectivity index (χ0n) is 17.8. The number of aryl methyl sites for hydroxylation is 2. The Kier molecular flexibility index (Phi) is 6.59. The van der Waals surface area contributed by atoms with Crippen molar-refractivity contribution in [2.45, 2.75) is 83.8 Å². The van der Waals surface area contributed by atoms with Crippen LogP contribution in [0.2, 0.25) is 0 Å². The lowest BCUT2D eigenvalue weighted by atomic mass is 9.93. The molecular weight excluding hydrogens is 384 g/mol. The highest BCUT2D eigenvalue weighted by Gasteiger charge is 2.21. The molecule has 29 heavy (non-hydrogen) atoms. The molecule has 0 unspecified atom stereocenters. The van der Waals surface area contributed by atoms with Gasteiger partial charge in [0, 0.05) is 16.6 Å². The number of aliphatic imine (C=N–C) groups is 1. The molecule has 0 radical (unpaired) electrons. The number of rotatable bonds is 6. The molecule has 2 aliphatic carbocycles. The second kappa shape index (κ2) is 9.16. The van der Waals surface area contributed by atoms with Crippen LogP contribution in [0.5, 0.6) is 0 Å². The van der Waals surface area contributed by atoms with Gasteiger partial charge in [0.2, 0.25) is 0 Å². The lowest BCUT2D eigenvalue weighted by Crippen LogP contribution is -2.35. The first kappa shape index (κ1) is 20.8. The summed E-state index contributed by atoms with van der Waals surface area (Å²) in [5, 5.41) is 4.69. The third-order valence-electron chi connectivity index (χ3n) is 5.61. The average Bonchev–Trinajstić information content (AvgIpc) is 3.08. The minimum atomic E-state index is -0.162. The van der Waals surface area contributed by atoms with Gasteiger partial charge in [0.1, 0.15) is 18.0 Å². The summed E-state index contributed by atoms with van der Waals surface area (Å²) in [5.74, 6) is 0.887. The maximum absolute atomic E-state index is 5.58. The summed E-state index contributed by atoms with van der Waals surface area (Å²) >= 11 is 1.84. The quantitative estimate of drug-likeness (QED) is 0.535. The Balaban J connectivity index is 1.33. The van der Waals surface area contributed by atoms with Gasteiger partial charge in [-0.2, -0.15) is 0 Å². The summed E-state index contributed by atoms with van der Waals surface area (Å²) in [7, 11) is 0. The summed E-state index contributed by atoms with van der Waals surface area (Å²) in [6, 6.07) is 0.475. The van der Waals surface area contributed by atoms with Crippen LogP contribution in [0.3, 0.4) is 0 Å². The van der Waals surface area contributed by atoms with E-state index in [1.807, 2.05) is 32.1 Å². The van der Waals surface area contributed by atoms with Gasteiger partial charge in [0.05, 0.1) is 17.7 Å². The zero-order chi connectivity index (χ0) is 20.3. The molecule has 7 heteroatoms. The molecule has 1 saturated carbocycles. The Morgan fingerprint density at radius 1 is 1.14 bits per heavy atom. The topological polar surface area (TPSA) is 68.6 Å². The summed E-state index contributed by atoms with van der Waals surface area (Å²) in [4.78, 5) is 16.7. The highest BCUT2D eigenvalue weighted by atomic mass is 32.1. The molecule has 6 nitrogen and oxygen atoms in total. The van der Waals surface area contributed by atoms with Crippen molar-refractivity contribution in [1.82, 2.24) is 15.3 Å². The van der Waals surface area contributed by atoms with Crippen molar-refractivity contribution in [3.8, 4) is 0 Å². The fraction of sp³-hybridized carbons (Fsp3) is 0.682. The highest BCUT2D eigenvalue weighted by molar-refractivity contribution is 7.18. The summed E-state index contributed by atoms with van der Waals surface area (Å²) in [6.07, 6.45) is 10.7. The largest absolute Gasteiger partial charge is 0.350 e. The van der Waals surface area contributed by atoms with Crippen molar-refractivity contribution in [3.05, 3.63) is 16.8 Å². The maximum atomic E-state index is 5.58. The van der Waals surface area contributed by atoms with Gasteiger partial charge in [-0.15, -0.1) is 11.3 Å². The lowest BCUT2D eigenvalue weighted by molar-refractivity contribution is -0.124. The van der Waals surface area contributed by atoms with E-state index in [0.717, 1.165) is 42.8 Å². The van der Waals surface area contributed by atoms with Crippen molar-refractivity contribution in [3.63, 3.8) is 0 Å². The smallest absolute Gasteiger partial charge is 0.164 e. The minimum absolute atomic E-state index is 0.162. The Bertz CT molecular complexity index is 862. The van der Waals surface area contributed by atoms with Crippen LogP contribution >= 0.6 is 11.3 Å². The Morgan fingerprint density at radius 2 is 1.93 bits per heavy atom. The van der Waals surface area contributed by atoms with Crippen molar-refractivity contribution in [1.29, 1.82) is 0 Å². The molecule has 4 rings (SSSR count). The van der Waals surface area contributed by atoms with Crippen molar-refractivity contribution in [2.75, 3.05) is 13.5 Å². The van der Waals surface area contributed by atoms with Gasteiger partial charge < -0.3 is 9.47 Å². The number of thiophene rings is 1. The molecule has 0 spiro atoms. The van der Waals surface area contributed by atoms with Crippen molar-refractivity contribution in [2.24, 2.45) is 4.99 Å². The van der Waals surface area contributed by atoms with Crippen LogP contribution in [0.4, 0.5) is 5.82 Å². The Hall–Kier alpha value is -1.41. The molecule has 2 aromatic rings. The SMILES string of the molecule is CC(C)(C)OCOCNC1CCC(=Nc2ncnc3sc4c(c23)CCCC4)CC1. The molecular formula is C22H32N4O2S. The van der Waals surface area contributed by atoms with Gasteiger partial charge in [-0.1, -0.05) is 0 Å². The molecule has 0 bridgehead atoms. The molecule has 158 valence electrons. The Morgan fingerprint density at radius 3 is 2.72 bits per heavy atom. The van der Waals surface area contributed by atoms with Gasteiger partial charge in [0.15, 0.2) is 5.82 Å². The first-order valence-corrected chi connectivity index (χ1v) is 11.6. The number of ether oxygens (including phenoxy) is 2. The third kappa shape index (κ3) is 5.40. The fourth-order valence-electron chi connectivity index (χ4n) is 4.01. The van der Waals surface area contributed by atoms with Gasteiger partial charge >= 0.3 is 0 Å². The Labute approximate surface area is 177 Å². The predicted molar refractivity (Wildman–Crippen MR) is 118 cm³/mol. The standard InChI is InChI=1S/C22H32N4O2S/c1-22(2,3)28-14-27-13-25-15-8-10-16(11-9-15)26-20-19-17-6-4-5-7-18(17)29-21(19)24-12-23-20/h12,15,25H,4-11,13-14H2,1-3H3. The second-order valence-corrected chi connectivity index (χ2v) is 10.1. The predicted octanol–water partition coefficient (Wildman–Crippen LogP) is 4.92. The van der Waals surface area contributed by atoms with E-state index < -0.39 is 0 Å². The van der Waals surface area contributed by atoms with E-state index in [-0.39, 0.29) is 5.60 Å². The van der Waals surface area contributed by atoms with Crippen LogP contribution in [0.25, 0.3) is 10.2 Å². The van der Waals surface area contributed by atoms with Gasteiger partial charge in [0.25, 0.3) is 0 Å². The number of nitrogens with one attached hydrogen (secondary N) is 1. The summed E-state index contributed by atoms with van der Waals surface area (Å²) in [6.45, 7) is 6.95. The van der Waals surface area contributed by atoms with Crippen LogP contribution < -0.4 is 5.32 Å². The molecule has 0 aliphatic heterocycles. The van der Waals surface area contributed by atoms with E-state index in [2.05, 4.69) is 15.3 Å². The number of nitrogens with zero attached hydrogens (tertiary/aromatic N) is 3. The van der Waals surface area contributed by atoms with Crippen molar-refractivity contribution < 1.29 is 9.47 Å². The molecule has 1 N–H and O–H groups in total. The second-order valence-electron chi connectivity index (χ2n) is 8.97.